The minimum atomic E-state index is -0.853. The molecule has 2 aromatic rings. The Labute approximate surface area is 204 Å². The van der Waals surface area contributed by atoms with E-state index in [1.54, 1.807) is 0 Å². The van der Waals surface area contributed by atoms with Crippen LogP contribution in [-0.2, 0) is 9.59 Å². The van der Waals surface area contributed by atoms with Gasteiger partial charge >= 0.3 is 5.97 Å². The molecule has 1 saturated heterocycles. The highest BCUT2D eigenvalue weighted by molar-refractivity contribution is 6.30. The summed E-state index contributed by atoms with van der Waals surface area (Å²) in [7, 11) is 0. The monoisotopic (exact) mass is 489 g/mol. The normalized spacial score (nSPS) is 30.2. The lowest BCUT2D eigenvalue weighted by Crippen LogP contribution is -2.57. The molecule has 1 amide bonds. The van der Waals surface area contributed by atoms with Crippen LogP contribution in [0.25, 0.3) is 0 Å². The summed E-state index contributed by atoms with van der Waals surface area (Å²) in [6, 6.07) is 14.4. The highest BCUT2D eigenvalue weighted by Gasteiger charge is 2.62. The average molecular weight is 490 g/mol. The van der Waals surface area contributed by atoms with Crippen molar-refractivity contribution in [1.29, 1.82) is 0 Å². The summed E-state index contributed by atoms with van der Waals surface area (Å²) >= 11 is 12.5. The van der Waals surface area contributed by atoms with Crippen molar-refractivity contribution in [2.75, 3.05) is 6.61 Å². The molecule has 1 aliphatic carbocycles. The number of carbonyl (C=O) groups is 2. The van der Waals surface area contributed by atoms with Crippen molar-refractivity contribution in [1.82, 2.24) is 4.90 Å². The summed E-state index contributed by atoms with van der Waals surface area (Å²) in [6.45, 7) is 3.68. The molecule has 5 nitrogen and oxygen atoms in total. The number of benzene rings is 2. The molecule has 0 radical (unpaired) electrons. The van der Waals surface area contributed by atoms with Gasteiger partial charge in [0.05, 0.1) is 30.0 Å². The van der Waals surface area contributed by atoms with Crippen molar-refractivity contribution in [2.24, 2.45) is 17.3 Å². The van der Waals surface area contributed by atoms with E-state index in [2.05, 4.69) is 0 Å². The fraction of sp³-hybridized carbons (Fsp3) is 0.462. The summed E-state index contributed by atoms with van der Waals surface area (Å²) < 4.78 is 0. The largest absolute Gasteiger partial charge is 0.481 e. The number of likely N-dealkylation sites (tertiary alicyclic amines) is 1. The quantitative estimate of drug-likeness (QED) is 0.534. The van der Waals surface area contributed by atoms with Gasteiger partial charge in [-0.3, -0.25) is 9.59 Å². The summed E-state index contributed by atoms with van der Waals surface area (Å²) in [5.74, 6) is -1.80. The van der Waals surface area contributed by atoms with Crippen LogP contribution in [0.4, 0.5) is 0 Å². The first-order chi connectivity index (χ1) is 15.7. The van der Waals surface area contributed by atoms with E-state index in [-0.39, 0.29) is 36.4 Å². The van der Waals surface area contributed by atoms with Gasteiger partial charge in [-0.25, -0.2) is 0 Å². The van der Waals surface area contributed by atoms with Gasteiger partial charge in [0, 0.05) is 16.0 Å². The maximum Gasteiger partial charge on any atom is 0.306 e. The molecule has 176 valence electrons. The maximum atomic E-state index is 14.1. The average Bonchev–Trinajstić information content (AvgIpc) is 3.60. The molecule has 2 N–H and O–H groups in total. The molecule has 0 aromatic heterocycles. The number of aliphatic carboxylic acids is 1. The zero-order valence-electron chi connectivity index (χ0n) is 18.7. The molecule has 6 atom stereocenters. The van der Waals surface area contributed by atoms with Crippen LogP contribution >= 0.6 is 23.2 Å². The van der Waals surface area contributed by atoms with Crippen LogP contribution in [0.3, 0.4) is 0 Å². The maximum absolute atomic E-state index is 14.1. The van der Waals surface area contributed by atoms with Crippen molar-refractivity contribution in [3.63, 3.8) is 0 Å². The summed E-state index contributed by atoms with van der Waals surface area (Å²) in [4.78, 5) is 27.6. The topological polar surface area (TPSA) is 77.8 Å². The number of carboxylic acid groups (broad SMARTS) is 1. The second-order valence-electron chi connectivity index (χ2n) is 9.52. The number of amides is 1. The van der Waals surface area contributed by atoms with Crippen LogP contribution in [-0.4, -0.2) is 39.6 Å². The molecule has 7 heteroatoms. The van der Waals surface area contributed by atoms with Crippen LogP contribution in [0.5, 0.6) is 0 Å². The van der Waals surface area contributed by atoms with Crippen LogP contribution in [0.2, 0.25) is 10.0 Å². The Morgan fingerprint density at radius 2 is 1.85 bits per heavy atom. The number of nitrogens with zero attached hydrogens (tertiary/aromatic N) is 1. The van der Waals surface area contributed by atoms with Gasteiger partial charge in [0.15, 0.2) is 0 Å². The standard InChI is InChI=1S/C26H29Cl2NO4/c1-3-19(14-30)29-23(15-7-9-17(27)10-8-15)21(16-5-4-6-18(28)11-16)13-26(2,25(29)33)22-12-20(22)24(31)32/h4-11,19-23,30H,3,12-14H2,1-2H3,(H,31,32)/t19?,20?,21?,22?,23-,26-/m1/s1. The molecule has 2 aliphatic rings. The van der Waals surface area contributed by atoms with E-state index in [1.165, 1.54) is 0 Å². The van der Waals surface area contributed by atoms with Crippen molar-refractivity contribution in [3.8, 4) is 0 Å². The van der Waals surface area contributed by atoms with E-state index in [0.29, 0.717) is 29.3 Å². The Morgan fingerprint density at radius 1 is 1.15 bits per heavy atom. The zero-order valence-corrected chi connectivity index (χ0v) is 20.3. The third kappa shape index (κ3) is 4.39. The summed E-state index contributed by atoms with van der Waals surface area (Å²) in [6.07, 6.45) is 1.58. The van der Waals surface area contributed by atoms with Crippen molar-refractivity contribution < 1.29 is 19.8 Å². The number of halogens is 2. The number of aliphatic hydroxyl groups excluding tert-OH is 1. The molecule has 33 heavy (non-hydrogen) atoms. The van der Waals surface area contributed by atoms with E-state index in [0.717, 1.165) is 11.1 Å². The molecule has 0 spiro atoms. The zero-order chi connectivity index (χ0) is 23.9. The fourth-order valence-electron chi connectivity index (χ4n) is 5.65. The van der Waals surface area contributed by atoms with E-state index in [9.17, 15) is 19.8 Å². The number of rotatable bonds is 7. The van der Waals surface area contributed by atoms with Gasteiger partial charge in [0.2, 0.25) is 5.91 Å². The lowest BCUT2D eigenvalue weighted by Gasteiger charge is -2.52. The second kappa shape index (κ2) is 9.28. The van der Waals surface area contributed by atoms with Gasteiger partial charge in [-0.1, -0.05) is 61.3 Å². The second-order valence-corrected chi connectivity index (χ2v) is 10.4. The minimum Gasteiger partial charge on any atom is -0.481 e. The molecule has 4 unspecified atom stereocenters. The van der Waals surface area contributed by atoms with Gasteiger partial charge < -0.3 is 15.1 Å². The lowest BCUT2D eigenvalue weighted by molar-refractivity contribution is -0.158. The predicted octanol–water partition coefficient (Wildman–Crippen LogP) is 5.55. The first-order valence-corrected chi connectivity index (χ1v) is 12.1. The molecule has 2 aromatic carbocycles. The SMILES string of the molecule is CCC(CO)N1C(=O)[C@@](C)(C2CC2C(=O)O)CC(c2cccc(Cl)c2)[C@H]1c1ccc(Cl)cc1. The molecular formula is C26H29Cl2NO4. The number of piperidine rings is 1. The van der Waals surface area contributed by atoms with Gasteiger partial charge in [-0.2, -0.15) is 0 Å². The van der Waals surface area contributed by atoms with Crippen molar-refractivity contribution >= 4 is 35.1 Å². The molecule has 0 bridgehead atoms. The molecule has 1 saturated carbocycles. The Bertz CT molecular complexity index is 1040. The third-order valence-corrected chi connectivity index (χ3v) is 8.02. The van der Waals surface area contributed by atoms with Crippen molar-refractivity contribution in [3.05, 3.63) is 69.7 Å². The predicted molar refractivity (Wildman–Crippen MR) is 128 cm³/mol. The minimum absolute atomic E-state index is 0.0876. The van der Waals surface area contributed by atoms with Gasteiger partial charge in [-0.05, 0) is 60.6 Å². The van der Waals surface area contributed by atoms with E-state index in [1.807, 2.05) is 67.3 Å². The number of hydrogen-bond acceptors (Lipinski definition) is 3. The smallest absolute Gasteiger partial charge is 0.306 e. The van der Waals surface area contributed by atoms with E-state index in [4.69, 9.17) is 23.2 Å². The third-order valence-electron chi connectivity index (χ3n) is 7.54. The van der Waals surface area contributed by atoms with Crippen LogP contribution in [0.15, 0.2) is 48.5 Å². The lowest BCUT2D eigenvalue weighted by atomic mass is 9.65. The number of aliphatic hydroxyl groups is 1. The highest BCUT2D eigenvalue weighted by atomic mass is 35.5. The molecule has 1 heterocycles. The molecule has 1 aliphatic heterocycles. The Morgan fingerprint density at radius 3 is 2.39 bits per heavy atom. The number of carboxylic acids is 1. The van der Waals surface area contributed by atoms with E-state index < -0.39 is 17.3 Å². The Hall–Kier alpha value is -2.08. The van der Waals surface area contributed by atoms with Gasteiger partial charge in [0.1, 0.15) is 0 Å². The van der Waals surface area contributed by atoms with E-state index >= 15 is 0 Å². The Balaban J connectivity index is 1.88. The fourth-order valence-corrected chi connectivity index (χ4v) is 5.97. The first-order valence-electron chi connectivity index (χ1n) is 11.4. The van der Waals surface area contributed by atoms with Crippen LogP contribution < -0.4 is 0 Å². The molecule has 2 fully saturated rings. The van der Waals surface area contributed by atoms with Crippen LogP contribution in [0, 0.1) is 17.3 Å². The molecule has 4 rings (SSSR count). The number of hydrogen-bond donors (Lipinski definition) is 2. The molecular weight excluding hydrogens is 461 g/mol. The Kier molecular flexibility index (Phi) is 6.77. The summed E-state index contributed by atoms with van der Waals surface area (Å²) in [5.41, 5.74) is 1.07. The van der Waals surface area contributed by atoms with Gasteiger partial charge in [-0.15, -0.1) is 0 Å². The highest BCUT2D eigenvalue weighted by Crippen LogP contribution is 2.61. The number of carbonyl (C=O) groups excluding carboxylic acids is 1. The summed E-state index contributed by atoms with van der Waals surface area (Å²) in [5, 5.41) is 21.1. The van der Waals surface area contributed by atoms with Crippen LogP contribution in [0.1, 0.15) is 56.2 Å². The van der Waals surface area contributed by atoms with Crippen molar-refractivity contribution in [2.45, 2.75) is 51.1 Å². The van der Waals surface area contributed by atoms with Gasteiger partial charge in [0.25, 0.3) is 0 Å². The first kappa shape index (κ1) is 24.1.